The van der Waals surface area contributed by atoms with E-state index in [1.54, 1.807) is 18.3 Å². The fraction of sp³-hybridized carbons (Fsp3) is 0.333. The van der Waals surface area contributed by atoms with Crippen LogP contribution in [0.25, 0.3) is 0 Å². The lowest BCUT2D eigenvalue weighted by atomic mass is 9.87. The highest BCUT2D eigenvalue weighted by Crippen LogP contribution is 2.24. The Hall–Kier alpha value is -2.54. The molecule has 0 amide bonds. The number of hydrogen-bond acceptors (Lipinski definition) is 4. The van der Waals surface area contributed by atoms with Crippen LogP contribution in [0, 0.1) is 11.3 Å². The largest absolute Gasteiger partial charge is 0.492 e. The molecule has 0 spiro atoms. The Morgan fingerprint density at radius 3 is 2.55 bits per heavy atom. The van der Waals surface area contributed by atoms with Crippen LogP contribution in [-0.4, -0.2) is 18.1 Å². The van der Waals surface area contributed by atoms with Gasteiger partial charge in [0.05, 0.1) is 12.1 Å². The second-order valence-corrected chi connectivity index (χ2v) is 6.06. The molecule has 0 radical (unpaired) electrons. The number of nitriles is 1. The lowest BCUT2D eigenvalue weighted by Crippen LogP contribution is -2.13. The van der Waals surface area contributed by atoms with Crippen LogP contribution in [0.15, 0.2) is 42.6 Å². The van der Waals surface area contributed by atoms with Gasteiger partial charge in [0.15, 0.2) is 0 Å². The topological polar surface area (TPSA) is 57.9 Å². The van der Waals surface area contributed by atoms with E-state index in [1.165, 1.54) is 5.56 Å². The van der Waals surface area contributed by atoms with Crippen molar-refractivity contribution >= 4 is 5.82 Å². The highest BCUT2D eigenvalue weighted by Gasteiger charge is 2.12. The summed E-state index contributed by atoms with van der Waals surface area (Å²) in [5.41, 5.74) is 1.97. The molecule has 0 saturated carbocycles. The Morgan fingerprint density at radius 1 is 1.18 bits per heavy atom. The van der Waals surface area contributed by atoms with Crippen LogP contribution in [0.4, 0.5) is 5.82 Å². The normalized spacial score (nSPS) is 10.8. The van der Waals surface area contributed by atoms with Gasteiger partial charge in [0.25, 0.3) is 0 Å². The average Bonchev–Trinajstić information content (AvgIpc) is 2.51. The molecule has 0 saturated heterocycles. The summed E-state index contributed by atoms with van der Waals surface area (Å²) >= 11 is 0. The van der Waals surface area contributed by atoms with Gasteiger partial charge in [-0.2, -0.15) is 5.26 Å². The molecule has 4 nitrogen and oxygen atoms in total. The van der Waals surface area contributed by atoms with E-state index in [2.05, 4.69) is 49.3 Å². The fourth-order valence-electron chi connectivity index (χ4n) is 2.03. The molecule has 1 aromatic carbocycles. The first-order chi connectivity index (χ1) is 10.5. The van der Waals surface area contributed by atoms with Crippen molar-refractivity contribution in [3.63, 3.8) is 0 Å². The lowest BCUT2D eigenvalue weighted by molar-refractivity contribution is 0.332. The Kier molecular flexibility index (Phi) is 5.00. The minimum absolute atomic E-state index is 0.146. The van der Waals surface area contributed by atoms with E-state index in [0.717, 1.165) is 5.75 Å². The van der Waals surface area contributed by atoms with E-state index in [9.17, 15) is 0 Å². The number of anilines is 1. The third-order valence-corrected chi connectivity index (χ3v) is 3.31. The van der Waals surface area contributed by atoms with E-state index in [1.807, 2.05) is 12.1 Å². The summed E-state index contributed by atoms with van der Waals surface area (Å²) in [7, 11) is 0. The summed E-state index contributed by atoms with van der Waals surface area (Å²) in [6.45, 7) is 7.66. The summed E-state index contributed by atoms with van der Waals surface area (Å²) in [5, 5.41) is 12.1. The van der Waals surface area contributed by atoms with E-state index in [0.29, 0.717) is 24.5 Å². The van der Waals surface area contributed by atoms with Gasteiger partial charge < -0.3 is 10.1 Å². The fourth-order valence-corrected chi connectivity index (χ4v) is 2.03. The number of ether oxygens (including phenoxy) is 1. The zero-order valence-corrected chi connectivity index (χ0v) is 13.3. The van der Waals surface area contributed by atoms with Crippen molar-refractivity contribution in [1.82, 2.24) is 4.98 Å². The summed E-state index contributed by atoms with van der Waals surface area (Å²) < 4.78 is 5.70. The highest BCUT2D eigenvalue weighted by molar-refractivity contribution is 5.51. The molecule has 22 heavy (non-hydrogen) atoms. The molecule has 0 atom stereocenters. The predicted octanol–water partition coefficient (Wildman–Crippen LogP) is 3.74. The number of rotatable bonds is 5. The number of aromatic nitrogens is 1. The van der Waals surface area contributed by atoms with Crippen molar-refractivity contribution in [3.8, 4) is 11.8 Å². The monoisotopic (exact) mass is 295 g/mol. The maximum absolute atomic E-state index is 8.98. The van der Waals surface area contributed by atoms with E-state index < -0.39 is 0 Å². The van der Waals surface area contributed by atoms with Crippen LogP contribution in [0.1, 0.15) is 31.9 Å². The van der Waals surface area contributed by atoms with Crippen molar-refractivity contribution in [1.29, 1.82) is 5.26 Å². The van der Waals surface area contributed by atoms with Crippen molar-refractivity contribution in [2.45, 2.75) is 26.2 Å². The Labute approximate surface area is 131 Å². The first kappa shape index (κ1) is 15.8. The molecule has 0 aliphatic heterocycles. The molecule has 0 bridgehead atoms. The quantitative estimate of drug-likeness (QED) is 0.854. The molecule has 114 valence electrons. The van der Waals surface area contributed by atoms with Crippen molar-refractivity contribution < 1.29 is 4.74 Å². The summed E-state index contributed by atoms with van der Waals surface area (Å²) in [4.78, 5) is 4.14. The smallest absolute Gasteiger partial charge is 0.144 e. The molecule has 1 N–H and O–H groups in total. The molecule has 4 heteroatoms. The minimum Gasteiger partial charge on any atom is -0.492 e. The lowest BCUT2D eigenvalue weighted by Gasteiger charge is -2.19. The molecule has 1 aromatic heterocycles. The molecular formula is C18H21N3O. The van der Waals surface area contributed by atoms with E-state index >= 15 is 0 Å². The molecule has 0 unspecified atom stereocenters. The molecular weight excluding hydrogens is 274 g/mol. The first-order valence-electron chi connectivity index (χ1n) is 7.33. The van der Waals surface area contributed by atoms with Crippen molar-refractivity contribution in [2.75, 3.05) is 18.5 Å². The van der Waals surface area contributed by atoms with Gasteiger partial charge in [0.2, 0.25) is 0 Å². The maximum atomic E-state index is 8.98. The average molecular weight is 295 g/mol. The molecule has 0 fully saturated rings. The van der Waals surface area contributed by atoms with Crippen molar-refractivity contribution in [2.24, 2.45) is 0 Å². The number of benzene rings is 1. The summed E-state index contributed by atoms with van der Waals surface area (Å²) in [6, 6.07) is 13.8. The molecule has 0 aliphatic carbocycles. The summed E-state index contributed by atoms with van der Waals surface area (Å²) in [5.74, 6) is 1.44. The second-order valence-electron chi connectivity index (χ2n) is 6.06. The Bertz CT molecular complexity index is 651. The van der Waals surface area contributed by atoms with E-state index in [4.69, 9.17) is 10.00 Å². The van der Waals surface area contributed by atoms with Gasteiger partial charge in [-0.05, 0) is 35.2 Å². The van der Waals surface area contributed by atoms with Gasteiger partial charge in [-0.15, -0.1) is 0 Å². The van der Waals surface area contributed by atoms with Crippen LogP contribution >= 0.6 is 0 Å². The van der Waals surface area contributed by atoms with Gasteiger partial charge in [0.1, 0.15) is 24.2 Å². The third kappa shape index (κ3) is 4.23. The molecule has 2 rings (SSSR count). The van der Waals surface area contributed by atoms with Crippen molar-refractivity contribution in [3.05, 3.63) is 53.7 Å². The SMILES string of the molecule is CC(C)(C)c1ccc(OCCNc2ncccc2C#N)cc1. The van der Waals surface area contributed by atoms with Gasteiger partial charge in [0, 0.05) is 6.20 Å². The van der Waals surface area contributed by atoms with Gasteiger partial charge in [-0.3, -0.25) is 0 Å². The zero-order chi connectivity index (χ0) is 16.0. The highest BCUT2D eigenvalue weighted by atomic mass is 16.5. The molecule has 0 aliphatic rings. The molecule has 2 aromatic rings. The zero-order valence-electron chi connectivity index (χ0n) is 13.3. The van der Waals surface area contributed by atoms with Crippen LogP contribution in [-0.2, 0) is 5.41 Å². The van der Waals surface area contributed by atoms with Crippen LogP contribution in [0.2, 0.25) is 0 Å². The Morgan fingerprint density at radius 2 is 1.91 bits per heavy atom. The van der Waals surface area contributed by atoms with E-state index in [-0.39, 0.29) is 5.41 Å². The number of pyridine rings is 1. The number of hydrogen-bond donors (Lipinski definition) is 1. The van der Waals surface area contributed by atoms with Crippen LogP contribution < -0.4 is 10.1 Å². The van der Waals surface area contributed by atoms with Crippen LogP contribution in [0.5, 0.6) is 5.75 Å². The van der Waals surface area contributed by atoms with Crippen LogP contribution in [0.3, 0.4) is 0 Å². The number of nitrogens with one attached hydrogen (secondary N) is 1. The van der Waals surface area contributed by atoms with Gasteiger partial charge in [-0.25, -0.2) is 4.98 Å². The van der Waals surface area contributed by atoms with Gasteiger partial charge in [-0.1, -0.05) is 32.9 Å². The first-order valence-corrected chi connectivity index (χ1v) is 7.33. The maximum Gasteiger partial charge on any atom is 0.144 e. The van der Waals surface area contributed by atoms with Gasteiger partial charge >= 0.3 is 0 Å². The predicted molar refractivity (Wildman–Crippen MR) is 88.1 cm³/mol. The third-order valence-electron chi connectivity index (χ3n) is 3.31. The number of nitrogens with zero attached hydrogens (tertiary/aromatic N) is 2. The minimum atomic E-state index is 0.146. The summed E-state index contributed by atoms with van der Waals surface area (Å²) in [6.07, 6.45) is 1.66. The molecule has 1 heterocycles. The standard InChI is InChI=1S/C18H21N3O/c1-18(2,3)15-6-8-16(9-7-15)22-12-11-21-17-14(13-19)5-4-10-20-17/h4-10H,11-12H2,1-3H3,(H,20,21). The second kappa shape index (κ2) is 6.95. The Balaban J connectivity index is 1.83.